The van der Waals surface area contributed by atoms with Crippen LogP contribution in [0.25, 0.3) is 0 Å². The first-order chi connectivity index (χ1) is 6.70. The van der Waals surface area contributed by atoms with E-state index in [0.717, 1.165) is 25.7 Å². The third-order valence-electron chi connectivity index (χ3n) is 3.72. The molecule has 0 radical (unpaired) electrons. The lowest BCUT2D eigenvalue weighted by Crippen LogP contribution is -2.41. The summed E-state index contributed by atoms with van der Waals surface area (Å²) in [7, 11) is 0. The maximum Gasteiger partial charge on any atom is 0.0710 e. The fourth-order valence-electron chi connectivity index (χ4n) is 3.05. The van der Waals surface area contributed by atoms with E-state index in [1.807, 2.05) is 0 Å². The molecule has 0 aromatic carbocycles. The van der Waals surface area contributed by atoms with E-state index in [-0.39, 0.29) is 11.7 Å². The van der Waals surface area contributed by atoms with Gasteiger partial charge in [-0.3, -0.25) is 0 Å². The van der Waals surface area contributed by atoms with E-state index in [2.05, 4.69) is 6.92 Å². The Morgan fingerprint density at radius 2 is 1.93 bits per heavy atom. The zero-order valence-electron chi connectivity index (χ0n) is 9.17. The van der Waals surface area contributed by atoms with Crippen LogP contribution in [0.15, 0.2) is 0 Å². The molecule has 2 nitrogen and oxygen atoms in total. The molecule has 2 rings (SSSR count). The van der Waals surface area contributed by atoms with Crippen LogP contribution in [0.4, 0.5) is 0 Å². The second-order valence-corrected chi connectivity index (χ2v) is 5.11. The number of hydrogen-bond donors (Lipinski definition) is 1. The standard InChI is InChI=1S/C12H22O2/c1-10-5-4-8-12(14-10)7-3-2-6-11(13)9-12/h10-11,13H,2-9H2,1H3/t10-,11-,12+/m0/s1. The topological polar surface area (TPSA) is 29.5 Å². The minimum Gasteiger partial charge on any atom is -0.393 e. The Balaban J connectivity index is 2.03. The molecule has 1 N–H and O–H groups in total. The van der Waals surface area contributed by atoms with Crippen LogP contribution in [0.1, 0.15) is 58.3 Å². The van der Waals surface area contributed by atoms with Crippen molar-refractivity contribution in [1.29, 1.82) is 0 Å². The van der Waals surface area contributed by atoms with Crippen molar-refractivity contribution in [3.8, 4) is 0 Å². The zero-order chi connectivity index (χ0) is 10.0. The lowest BCUT2D eigenvalue weighted by Gasteiger charge is -2.40. The van der Waals surface area contributed by atoms with E-state index in [9.17, 15) is 5.11 Å². The monoisotopic (exact) mass is 198 g/mol. The largest absolute Gasteiger partial charge is 0.393 e. The Morgan fingerprint density at radius 1 is 1.14 bits per heavy atom. The molecule has 1 aliphatic carbocycles. The molecule has 1 saturated heterocycles. The normalized spacial score (nSPS) is 45.0. The summed E-state index contributed by atoms with van der Waals surface area (Å²) in [6.07, 6.45) is 9.30. The van der Waals surface area contributed by atoms with E-state index < -0.39 is 0 Å². The van der Waals surface area contributed by atoms with Gasteiger partial charge in [-0.2, -0.15) is 0 Å². The quantitative estimate of drug-likeness (QED) is 0.648. The van der Waals surface area contributed by atoms with Crippen molar-refractivity contribution >= 4 is 0 Å². The second kappa shape index (κ2) is 4.19. The summed E-state index contributed by atoms with van der Waals surface area (Å²) in [4.78, 5) is 0. The maximum absolute atomic E-state index is 9.81. The van der Waals surface area contributed by atoms with Crippen molar-refractivity contribution in [3.63, 3.8) is 0 Å². The highest BCUT2D eigenvalue weighted by Crippen LogP contribution is 2.39. The van der Waals surface area contributed by atoms with Gasteiger partial charge in [0.25, 0.3) is 0 Å². The average molecular weight is 198 g/mol. The molecule has 2 aliphatic rings. The predicted molar refractivity (Wildman–Crippen MR) is 56.2 cm³/mol. The molecule has 82 valence electrons. The van der Waals surface area contributed by atoms with E-state index in [1.54, 1.807) is 0 Å². The van der Waals surface area contributed by atoms with Crippen LogP contribution >= 0.6 is 0 Å². The van der Waals surface area contributed by atoms with Crippen LogP contribution in [-0.4, -0.2) is 22.9 Å². The van der Waals surface area contributed by atoms with Gasteiger partial charge in [-0.15, -0.1) is 0 Å². The van der Waals surface area contributed by atoms with Gasteiger partial charge in [0.05, 0.1) is 17.8 Å². The molecule has 2 heteroatoms. The Kier molecular flexibility index (Phi) is 3.13. The summed E-state index contributed by atoms with van der Waals surface area (Å²) < 4.78 is 6.11. The van der Waals surface area contributed by atoms with Gasteiger partial charge in [0.15, 0.2) is 0 Å². The minimum absolute atomic E-state index is 0.0353. The van der Waals surface area contributed by atoms with Crippen LogP contribution < -0.4 is 0 Å². The molecule has 2 fully saturated rings. The summed E-state index contributed by atoms with van der Waals surface area (Å²) >= 11 is 0. The van der Waals surface area contributed by atoms with E-state index in [1.165, 1.54) is 25.7 Å². The summed E-state index contributed by atoms with van der Waals surface area (Å²) in [5.41, 5.74) is 0.0353. The number of ether oxygens (including phenoxy) is 1. The first-order valence-electron chi connectivity index (χ1n) is 6.06. The summed E-state index contributed by atoms with van der Waals surface area (Å²) in [6, 6.07) is 0. The first-order valence-corrected chi connectivity index (χ1v) is 6.06. The van der Waals surface area contributed by atoms with Crippen LogP contribution in [0.5, 0.6) is 0 Å². The Hall–Kier alpha value is -0.0800. The molecular weight excluding hydrogens is 176 g/mol. The highest BCUT2D eigenvalue weighted by Gasteiger charge is 2.38. The molecule has 1 aliphatic heterocycles. The number of hydrogen-bond acceptors (Lipinski definition) is 2. The fourth-order valence-corrected chi connectivity index (χ4v) is 3.05. The van der Waals surface area contributed by atoms with Gasteiger partial charge in [0.1, 0.15) is 0 Å². The highest BCUT2D eigenvalue weighted by molar-refractivity contribution is 4.89. The number of rotatable bonds is 0. The molecule has 0 amide bonds. The fraction of sp³-hybridized carbons (Fsp3) is 1.00. The molecule has 3 atom stereocenters. The van der Waals surface area contributed by atoms with Gasteiger partial charge < -0.3 is 9.84 Å². The highest BCUT2D eigenvalue weighted by atomic mass is 16.5. The lowest BCUT2D eigenvalue weighted by molar-refractivity contribution is -0.139. The Bertz CT molecular complexity index is 193. The summed E-state index contributed by atoms with van der Waals surface area (Å²) in [5.74, 6) is 0. The van der Waals surface area contributed by atoms with E-state index >= 15 is 0 Å². The van der Waals surface area contributed by atoms with Crippen LogP contribution in [0, 0.1) is 0 Å². The SMILES string of the molecule is C[C@H]1CCC[C@@]2(CCCC[C@H](O)C2)O1. The van der Waals surface area contributed by atoms with Gasteiger partial charge in [0.2, 0.25) is 0 Å². The van der Waals surface area contributed by atoms with Crippen molar-refractivity contribution < 1.29 is 9.84 Å². The van der Waals surface area contributed by atoms with Gasteiger partial charge >= 0.3 is 0 Å². The molecule has 0 aromatic heterocycles. The first kappa shape index (κ1) is 10.4. The molecule has 1 spiro atoms. The van der Waals surface area contributed by atoms with Gasteiger partial charge in [-0.05, 0) is 39.0 Å². The third-order valence-corrected chi connectivity index (χ3v) is 3.72. The van der Waals surface area contributed by atoms with Gasteiger partial charge in [0, 0.05) is 6.42 Å². The smallest absolute Gasteiger partial charge is 0.0710 e. The summed E-state index contributed by atoms with van der Waals surface area (Å²) in [5, 5.41) is 9.81. The molecule has 0 aromatic rings. The van der Waals surface area contributed by atoms with Crippen molar-refractivity contribution in [3.05, 3.63) is 0 Å². The van der Waals surface area contributed by atoms with Crippen LogP contribution in [0.3, 0.4) is 0 Å². The summed E-state index contributed by atoms with van der Waals surface area (Å²) in [6.45, 7) is 2.16. The Labute approximate surface area is 86.6 Å². The van der Waals surface area contributed by atoms with Gasteiger partial charge in [-0.1, -0.05) is 12.8 Å². The molecule has 14 heavy (non-hydrogen) atoms. The predicted octanol–water partition coefficient (Wildman–Crippen LogP) is 2.64. The van der Waals surface area contributed by atoms with Gasteiger partial charge in [-0.25, -0.2) is 0 Å². The molecule has 1 heterocycles. The maximum atomic E-state index is 9.81. The van der Waals surface area contributed by atoms with E-state index in [0.29, 0.717) is 6.10 Å². The zero-order valence-corrected chi connectivity index (χ0v) is 9.17. The Morgan fingerprint density at radius 3 is 2.71 bits per heavy atom. The van der Waals surface area contributed by atoms with Crippen LogP contribution in [-0.2, 0) is 4.74 Å². The third kappa shape index (κ3) is 2.29. The number of aliphatic hydroxyl groups excluding tert-OH is 1. The van der Waals surface area contributed by atoms with Crippen molar-refractivity contribution in [2.75, 3.05) is 0 Å². The molecular formula is C12H22O2. The van der Waals surface area contributed by atoms with Crippen molar-refractivity contribution in [2.45, 2.75) is 76.1 Å². The minimum atomic E-state index is -0.122. The second-order valence-electron chi connectivity index (χ2n) is 5.11. The average Bonchev–Trinajstić information content (AvgIpc) is 2.27. The molecule has 0 unspecified atom stereocenters. The lowest BCUT2D eigenvalue weighted by atomic mass is 9.84. The van der Waals surface area contributed by atoms with E-state index in [4.69, 9.17) is 4.74 Å². The van der Waals surface area contributed by atoms with Crippen LogP contribution in [0.2, 0.25) is 0 Å². The molecule has 1 saturated carbocycles. The van der Waals surface area contributed by atoms with Crippen molar-refractivity contribution in [1.82, 2.24) is 0 Å². The molecule has 0 bridgehead atoms. The number of aliphatic hydroxyl groups is 1. The van der Waals surface area contributed by atoms with Crippen molar-refractivity contribution in [2.24, 2.45) is 0 Å².